The van der Waals surface area contributed by atoms with E-state index >= 15 is 0 Å². The quantitative estimate of drug-likeness (QED) is 0.175. The summed E-state index contributed by atoms with van der Waals surface area (Å²) in [6.07, 6.45) is 1.67. The smallest absolute Gasteiger partial charge is 0.329 e. The Morgan fingerprint density at radius 2 is 1.81 bits per heavy atom. The van der Waals surface area contributed by atoms with Crippen molar-refractivity contribution in [3.63, 3.8) is 0 Å². The van der Waals surface area contributed by atoms with Crippen molar-refractivity contribution in [2.75, 3.05) is 20.7 Å². The number of hydrogen-bond donors (Lipinski definition) is 3. The fourth-order valence-electron chi connectivity index (χ4n) is 4.74. The van der Waals surface area contributed by atoms with Gasteiger partial charge in [0.15, 0.2) is 6.61 Å². The Labute approximate surface area is 255 Å². The van der Waals surface area contributed by atoms with E-state index in [1.165, 1.54) is 9.47 Å². The lowest BCUT2D eigenvalue weighted by Crippen LogP contribution is -2.27. The fraction of sp³-hybridized carbons (Fsp3) is 0.194. The lowest BCUT2D eigenvalue weighted by atomic mass is 9.92. The number of carbonyl (C=O) groups excluding carboxylic acids is 1. The van der Waals surface area contributed by atoms with Crippen LogP contribution in [0.1, 0.15) is 30.3 Å². The Balaban J connectivity index is 1.53. The van der Waals surface area contributed by atoms with Gasteiger partial charge < -0.3 is 24.7 Å². The van der Waals surface area contributed by atoms with Crippen LogP contribution < -0.4 is 10.4 Å². The van der Waals surface area contributed by atoms with E-state index in [0.29, 0.717) is 27.9 Å². The molecule has 9 nitrogen and oxygen atoms in total. The van der Waals surface area contributed by atoms with Gasteiger partial charge in [0.25, 0.3) is 5.91 Å². The Kier molecular flexibility index (Phi) is 8.56. The molecule has 1 amide bonds. The molecule has 0 unspecified atom stereocenters. The molecule has 5 aromatic rings. The van der Waals surface area contributed by atoms with Crippen LogP contribution in [0.5, 0.6) is 11.6 Å². The predicted octanol–water partition coefficient (Wildman–Crippen LogP) is 6.22. The molecule has 0 fully saturated rings. The molecule has 0 aliphatic heterocycles. The maximum absolute atomic E-state index is 13.5. The van der Waals surface area contributed by atoms with E-state index in [1.54, 1.807) is 50.6 Å². The first-order valence-electron chi connectivity index (χ1n) is 13.2. The van der Waals surface area contributed by atoms with Crippen molar-refractivity contribution in [1.29, 1.82) is 0 Å². The molecule has 0 spiro atoms. The van der Waals surface area contributed by atoms with Crippen LogP contribution in [0.2, 0.25) is 5.02 Å². The van der Waals surface area contributed by atoms with E-state index in [-0.39, 0.29) is 30.0 Å². The Bertz CT molecular complexity index is 1760. The first-order valence-corrected chi connectivity index (χ1v) is 14.3. The van der Waals surface area contributed by atoms with E-state index in [9.17, 15) is 14.7 Å². The van der Waals surface area contributed by atoms with Crippen molar-refractivity contribution >= 4 is 33.4 Å². The lowest BCUT2D eigenvalue weighted by Gasteiger charge is -2.24. The molecule has 0 saturated carbocycles. The highest BCUT2D eigenvalue weighted by Gasteiger charge is 2.31. The van der Waals surface area contributed by atoms with Gasteiger partial charge in [0.1, 0.15) is 23.3 Å². The lowest BCUT2D eigenvalue weighted by molar-refractivity contribution is -0.130. The number of hydrogen-bond acceptors (Lipinski definition) is 5. The zero-order chi connectivity index (χ0) is 30.0. The zero-order valence-corrected chi connectivity index (χ0v) is 25.5. The summed E-state index contributed by atoms with van der Waals surface area (Å²) < 4.78 is 7.72. The number of benzene rings is 3. The van der Waals surface area contributed by atoms with E-state index in [0.717, 1.165) is 15.6 Å². The number of nitrogens with zero attached hydrogens (tertiary/aromatic N) is 3. The summed E-state index contributed by atoms with van der Waals surface area (Å²) in [4.78, 5) is 37.6. The van der Waals surface area contributed by atoms with Gasteiger partial charge in [0, 0.05) is 35.6 Å². The number of amides is 1. The molecule has 2 atom stereocenters. The van der Waals surface area contributed by atoms with Crippen molar-refractivity contribution in [1.82, 2.24) is 24.4 Å². The molecule has 2 heterocycles. The molecule has 11 heteroatoms. The van der Waals surface area contributed by atoms with E-state index in [1.807, 2.05) is 49.4 Å². The second-order valence-electron chi connectivity index (χ2n) is 10.1. The number of likely N-dealkylation sites (N-methyl/N-ethyl adjacent to an activating group) is 1. The van der Waals surface area contributed by atoms with Gasteiger partial charge in [-0.3, -0.25) is 9.36 Å². The largest absolute Gasteiger partial charge is 0.493 e. The number of halogens is 2. The average molecular weight is 651 g/mol. The molecule has 3 N–H and O–H groups in total. The summed E-state index contributed by atoms with van der Waals surface area (Å²) >= 11 is 9.94. The van der Waals surface area contributed by atoms with Gasteiger partial charge in [-0.05, 0) is 42.0 Å². The Morgan fingerprint density at radius 1 is 1.10 bits per heavy atom. The minimum atomic E-state index is -0.687. The highest BCUT2D eigenvalue weighted by Crippen LogP contribution is 2.39. The van der Waals surface area contributed by atoms with Crippen molar-refractivity contribution in [3.05, 3.63) is 110 Å². The molecule has 2 aromatic heterocycles. The number of carbonyl (C=O) groups is 1. The molecule has 3 aromatic carbocycles. The monoisotopic (exact) mass is 649 g/mol. The fourth-order valence-corrected chi connectivity index (χ4v) is 5.52. The van der Waals surface area contributed by atoms with Crippen molar-refractivity contribution in [3.8, 4) is 34.1 Å². The maximum atomic E-state index is 13.5. The van der Waals surface area contributed by atoms with E-state index < -0.39 is 11.7 Å². The first-order chi connectivity index (χ1) is 20.1. The summed E-state index contributed by atoms with van der Waals surface area (Å²) in [5.41, 5.74) is 2.73. The molecule has 0 bridgehead atoms. The Morgan fingerprint density at radius 3 is 2.48 bits per heavy atom. The third-order valence-corrected chi connectivity index (χ3v) is 7.89. The second-order valence-corrected chi connectivity index (χ2v) is 11.4. The second kappa shape index (κ2) is 12.3. The first kappa shape index (κ1) is 29.2. The minimum Gasteiger partial charge on any atom is -0.493 e. The van der Waals surface area contributed by atoms with Crippen LogP contribution >= 0.6 is 27.5 Å². The van der Waals surface area contributed by atoms with Crippen molar-refractivity contribution in [2.24, 2.45) is 0 Å². The van der Waals surface area contributed by atoms with Crippen LogP contribution in [0, 0.1) is 0 Å². The Hall–Kier alpha value is -4.28. The third-order valence-electron chi connectivity index (χ3n) is 7.08. The number of aromatic amines is 2. The van der Waals surface area contributed by atoms with Crippen molar-refractivity contribution in [2.45, 2.75) is 18.9 Å². The summed E-state index contributed by atoms with van der Waals surface area (Å²) in [6, 6.07) is 21.4. The normalized spacial score (nSPS) is 12.6. The van der Waals surface area contributed by atoms with E-state index in [2.05, 4.69) is 30.9 Å². The highest BCUT2D eigenvalue weighted by molar-refractivity contribution is 9.10. The number of aromatic nitrogens is 4. The molecular formula is C31H29BrClN5O4. The maximum Gasteiger partial charge on any atom is 0.329 e. The number of rotatable bonds is 9. The number of ether oxygens (including phenoxy) is 1. The van der Waals surface area contributed by atoms with Gasteiger partial charge in [-0.1, -0.05) is 70.9 Å². The molecule has 5 rings (SSSR count). The van der Waals surface area contributed by atoms with Crippen LogP contribution in [0.25, 0.3) is 22.5 Å². The third kappa shape index (κ3) is 6.00. The van der Waals surface area contributed by atoms with E-state index in [4.69, 9.17) is 16.3 Å². The van der Waals surface area contributed by atoms with Gasteiger partial charge in [-0.15, -0.1) is 0 Å². The summed E-state index contributed by atoms with van der Waals surface area (Å²) in [6.45, 7) is 1.88. The highest BCUT2D eigenvalue weighted by atomic mass is 79.9. The predicted molar refractivity (Wildman–Crippen MR) is 166 cm³/mol. The topological polar surface area (TPSA) is 116 Å². The number of imidazole rings is 2. The summed E-state index contributed by atoms with van der Waals surface area (Å²) in [5, 5.41) is 12.0. The van der Waals surface area contributed by atoms with Gasteiger partial charge in [-0.2, -0.15) is 0 Å². The van der Waals surface area contributed by atoms with Gasteiger partial charge in [0.2, 0.25) is 5.88 Å². The van der Waals surface area contributed by atoms with Crippen LogP contribution in [-0.2, 0) is 4.79 Å². The van der Waals surface area contributed by atoms with Crippen LogP contribution in [-0.4, -0.2) is 56.1 Å². The number of H-pyrrole nitrogens is 2. The minimum absolute atomic E-state index is 0.0968. The van der Waals surface area contributed by atoms with Gasteiger partial charge in [0.05, 0.1) is 16.9 Å². The number of nitrogens with one attached hydrogen (secondary N) is 2. The van der Waals surface area contributed by atoms with Crippen LogP contribution in [0.3, 0.4) is 0 Å². The molecular weight excluding hydrogens is 622 g/mol. The molecule has 0 saturated heterocycles. The molecule has 0 aliphatic carbocycles. The molecule has 0 radical (unpaired) electrons. The molecule has 42 heavy (non-hydrogen) atoms. The summed E-state index contributed by atoms with van der Waals surface area (Å²) in [5.74, 6) is 0.310. The zero-order valence-electron chi connectivity index (χ0n) is 23.1. The SMILES string of the molecule is C[C@@H](c1ccccc1)[C@@H](c1ncc(-c2ccc(Br)cc2Cl)[nH]1)n1c(O)c(-c2ccc(OCC(=O)N(C)C)cc2)[nH]c1=O. The number of aromatic hydroxyl groups is 1. The van der Waals surface area contributed by atoms with Crippen LogP contribution in [0.15, 0.2) is 88.3 Å². The van der Waals surface area contributed by atoms with Gasteiger partial charge in [-0.25, -0.2) is 9.78 Å². The van der Waals surface area contributed by atoms with Crippen LogP contribution in [0.4, 0.5) is 0 Å². The summed E-state index contributed by atoms with van der Waals surface area (Å²) in [7, 11) is 3.31. The molecule has 0 aliphatic rings. The standard InChI is InChI=1S/C31H29BrClN5O4/c1-18(19-7-5-4-6-8-19)28(29-34-16-25(35-29)23-14-11-21(32)15-24(23)33)38-30(40)27(36-31(38)41)20-9-12-22(13-10-20)42-17-26(39)37(2)3/h4-16,18,28,40H,17H2,1-3H3,(H,34,35)(H,36,41)/t18-,28-/m0/s1. The van der Waals surface area contributed by atoms with Gasteiger partial charge >= 0.3 is 5.69 Å². The average Bonchev–Trinajstić information content (AvgIpc) is 3.57. The van der Waals surface area contributed by atoms with Crippen molar-refractivity contribution < 1.29 is 14.6 Å². The molecule has 216 valence electrons.